The Kier molecular flexibility index (Phi) is 1.66. The van der Waals surface area contributed by atoms with Crippen LogP contribution in [0, 0.1) is 0 Å². The lowest BCUT2D eigenvalue weighted by molar-refractivity contribution is 1.79. The van der Waals surface area contributed by atoms with Gasteiger partial charge in [-0.25, -0.2) is 0 Å². The first-order valence-corrected chi connectivity index (χ1v) is 3.72. The highest BCUT2D eigenvalue weighted by molar-refractivity contribution is 7.81. The van der Waals surface area contributed by atoms with Gasteiger partial charge < -0.3 is 5.73 Å². The molecule has 0 saturated heterocycles. The molecule has 0 aromatic carbocycles. The highest BCUT2D eigenvalue weighted by Crippen LogP contribution is 2.13. The summed E-state index contributed by atoms with van der Waals surface area (Å²) in [7, 11) is 0.694. The Labute approximate surface area is 55.0 Å². The van der Waals surface area contributed by atoms with Crippen molar-refractivity contribution in [3.05, 3.63) is 23.2 Å². The van der Waals surface area contributed by atoms with Crippen LogP contribution in [0.4, 0.5) is 0 Å². The average Bonchev–Trinajstić information content (AvgIpc) is 2.12. The Balaban J connectivity index is 2.93. The zero-order valence-corrected chi connectivity index (χ0v) is 6.03. The predicted octanol–water partition coefficient (Wildman–Crippen LogP) is 1.35. The van der Waals surface area contributed by atoms with Crippen molar-refractivity contribution in [2.45, 2.75) is 0 Å². The second-order valence-electron chi connectivity index (χ2n) is 1.45. The van der Waals surface area contributed by atoms with Gasteiger partial charge >= 0.3 is 0 Å². The van der Waals surface area contributed by atoms with E-state index in [1.54, 1.807) is 0 Å². The fourth-order valence-electron chi connectivity index (χ4n) is 0.484. The zero-order chi connectivity index (χ0) is 5.98. The second-order valence-corrected chi connectivity index (χ2v) is 3.05. The molecule has 0 aliphatic heterocycles. The minimum Gasteiger partial charge on any atom is -0.389 e. The van der Waals surface area contributed by atoms with Gasteiger partial charge in [-0.1, -0.05) is 18.3 Å². The van der Waals surface area contributed by atoms with Crippen molar-refractivity contribution in [2.75, 3.05) is 0 Å². The third-order valence-corrected chi connectivity index (χ3v) is 2.37. The summed E-state index contributed by atoms with van der Waals surface area (Å²) in [6.45, 7) is 0. The summed E-state index contributed by atoms with van der Waals surface area (Å²) in [4.78, 5) is 0.535. The molecule has 8 heavy (non-hydrogen) atoms. The molecular formula is C5H6NPS. The van der Waals surface area contributed by atoms with Crippen LogP contribution in [0.5, 0.6) is 0 Å². The first kappa shape index (κ1) is 5.80. The van der Waals surface area contributed by atoms with Crippen molar-refractivity contribution in [2.24, 2.45) is 5.73 Å². The van der Waals surface area contributed by atoms with E-state index >= 15 is 0 Å². The summed E-state index contributed by atoms with van der Waals surface area (Å²) in [5.41, 5.74) is 5.33. The second kappa shape index (κ2) is 2.29. The number of hydrogen-bond donors (Lipinski definition) is 1. The Morgan fingerprint density at radius 3 is 2.75 bits per heavy atom. The van der Waals surface area contributed by atoms with E-state index in [1.165, 1.54) is 0 Å². The van der Waals surface area contributed by atoms with Gasteiger partial charge in [0, 0.05) is 5.30 Å². The molecule has 3 heteroatoms. The molecule has 0 fully saturated rings. The van der Waals surface area contributed by atoms with Crippen LogP contribution >= 0.6 is 20.4 Å². The Morgan fingerprint density at radius 2 is 2.50 bits per heavy atom. The monoisotopic (exact) mass is 143 g/mol. The Hall–Kier alpha value is -0.330. The Morgan fingerprint density at radius 1 is 1.75 bits per heavy atom. The van der Waals surface area contributed by atoms with Crippen molar-refractivity contribution >= 4 is 25.4 Å². The van der Waals surface area contributed by atoms with Gasteiger partial charge in [0.15, 0.2) is 0 Å². The predicted molar refractivity (Wildman–Crippen MR) is 41.8 cm³/mol. The third-order valence-electron chi connectivity index (χ3n) is 0.863. The van der Waals surface area contributed by atoms with Gasteiger partial charge in [0.25, 0.3) is 0 Å². The largest absolute Gasteiger partial charge is 0.389 e. The summed E-state index contributed by atoms with van der Waals surface area (Å²) < 4.78 is 0. The van der Waals surface area contributed by atoms with Crippen molar-refractivity contribution in [3.8, 4) is 0 Å². The maximum atomic E-state index is 5.33. The van der Waals surface area contributed by atoms with Gasteiger partial charge in [0.1, 0.15) is 4.99 Å². The molecule has 1 nitrogen and oxygen atoms in total. The molecule has 1 aromatic rings. The van der Waals surface area contributed by atoms with Crippen LogP contribution in [0.15, 0.2) is 17.9 Å². The maximum Gasteiger partial charge on any atom is 0.107 e. The standard InChI is InChI=1S/C5H6NPS/c6-5(8)4-2-1-3-7-4/h1-3,7H,(H2,6,8). The van der Waals surface area contributed by atoms with Crippen LogP contribution in [0.25, 0.3) is 0 Å². The van der Waals surface area contributed by atoms with Gasteiger partial charge in [0.2, 0.25) is 0 Å². The molecule has 1 unspecified atom stereocenters. The lowest BCUT2D eigenvalue weighted by Gasteiger charge is -1.85. The van der Waals surface area contributed by atoms with Crippen molar-refractivity contribution < 1.29 is 0 Å². The van der Waals surface area contributed by atoms with E-state index < -0.39 is 0 Å². The highest BCUT2D eigenvalue weighted by Gasteiger charge is 1.90. The van der Waals surface area contributed by atoms with E-state index in [0.717, 1.165) is 5.30 Å². The summed E-state index contributed by atoms with van der Waals surface area (Å²) in [5.74, 6) is 2.06. The molecule has 0 radical (unpaired) electrons. The molecule has 1 atom stereocenters. The fraction of sp³-hybridized carbons (Fsp3) is 0. The number of nitrogens with two attached hydrogens (primary N) is 1. The smallest absolute Gasteiger partial charge is 0.107 e. The first-order valence-electron chi connectivity index (χ1n) is 2.24. The van der Waals surface area contributed by atoms with Gasteiger partial charge in [-0.05, 0) is 11.9 Å². The third kappa shape index (κ3) is 1.09. The Bertz CT molecular complexity index is 180. The molecule has 0 bridgehead atoms. The van der Waals surface area contributed by atoms with Crippen molar-refractivity contribution in [1.82, 2.24) is 0 Å². The van der Waals surface area contributed by atoms with Crippen molar-refractivity contribution in [3.63, 3.8) is 0 Å². The van der Waals surface area contributed by atoms with Crippen LogP contribution in [-0.2, 0) is 0 Å². The molecule has 0 aliphatic carbocycles. The quantitative estimate of drug-likeness (QED) is 0.600. The maximum absolute atomic E-state index is 5.33. The van der Waals surface area contributed by atoms with E-state index in [1.807, 2.05) is 12.1 Å². The lowest BCUT2D eigenvalue weighted by Crippen LogP contribution is -2.05. The summed E-state index contributed by atoms with van der Waals surface area (Å²) >= 11 is 4.73. The van der Waals surface area contributed by atoms with E-state index in [-0.39, 0.29) is 0 Å². The summed E-state index contributed by atoms with van der Waals surface area (Å²) in [6.07, 6.45) is 0. The lowest BCUT2D eigenvalue weighted by atomic mass is 10.5. The summed E-state index contributed by atoms with van der Waals surface area (Å²) in [6, 6.07) is 3.94. The average molecular weight is 143 g/mol. The molecule has 2 N–H and O–H groups in total. The van der Waals surface area contributed by atoms with E-state index in [4.69, 9.17) is 18.0 Å². The molecule has 0 aliphatic rings. The minimum absolute atomic E-state index is 0.535. The molecule has 1 heterocycles. The van der Waals surface area contributed by atoms with E-state index in [2.05, 4.69) is 5.80 Å². The molecule has 42 valence electrons. The SMILES string of the molecule is NC(=S)c1ccc[pH]1. The number of hydrogen-bond acceptors (Lipinski definition) is 1. The zero-order valence-electron chi connectivity index (χ0n) is 4.22. The number of thiocarbonyl (C=S) groups is 1. The summed E-state index contributed by atoms with van der Waals surface area (Å²) in [5, 5.41) is 1.10. The molecule has 1 aromatic heterocycles. The van der Waals surface area contributed by atoms with Crippen LogP contribution in [-0.4, -0.2) is 4.99 Å². The highest BCUT2D eigenvalue weighted by atomic mass is 32.1. The van der Waals surface area contributed by atoms with Crippen LogP contribution in [0.3, 0.4) is 0 Å². The van der Waals surface area contributed by atoms with Gasteiger partial charge in [0.05, 0.1) is 0 Å². The van der Waals surface area contributed by atoms with Crippen LogP contribution < -0.4 is 5.73 Å². The van der Waals surface area contributed by atoms with Gasteiger partial charge in [-0.15, -0.1) is 8.19 Å². The number of rotatable bonds is 1. The van der Waals surface area contributed by atoms with E-state index in [9.17, 15) is 0 Å². The molecule has 1 rings (SSSR count). The molecular weight excluding hydrogens is 137 g/mol. The van der Waals surface area contributed by atoms with Crippen LogP contribution in [0.1, 0.15) is 5.30 Å². The fourth-order valence-corrected chi connectivity index (χ4v) is 1.44. The van der Waals surface area contributed by atoms with E-state index in [0.29, 0.717) is 13.2 Å². The molecule has 0 saturated carbocycles. The topological polar surface area (TPSA) is 26.0 Å². The van der Waals surface area contributed by atoms with Crippen LogP contribution in [0.2, 0.25) is 0 Å². The van der Waals surface area contributed by atoms with Gasteiger partial charge in [-0.2, -0.15) is 0 Å². The van der Waals surface area contributed by atoms with Crippen molar-refractivity contribution in [1.29, 1.82) is 0 Å². The molecule has 0 amide bonds. The minimum atomic E-state index is 0.535. The van der Waals surface area contributed by atoms with Gasteiger partial charge in [-0.3, -0.25) is 0 Å². The first-order chi connectivity index (χ1) is 3.80. The normalized spacial score (nSPS) is 10.0. The molecule has 0 spiro atoms.